The lowest BCUT2D eigenvalue weighted by atomic mass is 9.90. The number of carbonyl (C=O) groups excluding carboxylic acids is 3. The standard InChI is InChI=1S/C32H27Cl2NO5/c33-26-16-25(17-27(34)18-26)29(36)19-28(22-8-6-21(7-9-22)20-4-2-1-3-5-20)31(39)23-10-12-24(13-11-23)32(40)35-15-14-30(37)38/h4,6-13,16-19H,1-3,5,14-15H2,(H,35,40)(H,37,38)/b28-19-. The van der Waals surface area contributed by atoms with Gasteiger partial charge in [0, 0.05) is 38.9 Å². The Balaban J connectivity index is 1.65. The van der Waals surface area contributed by atoms with Crippen LogP contribution in [0.3, 0.4) is 0 Å². The fourth-order valence-electron chi connectivity index (χ4n) is 4.47. The first-order chi connectivity index (χ1) is 19.2. The lowest BCUT2D eigenvalue weighted by Gasteiger charge is -2.14. The number of amides is 1. The summed E-state index contributed by atoms with van der Waals surface area (Å²) in [5.41, 5.74) is 3.93. The second kappa shape index (κ2) is 13.4. The molecule has 8 heteroatoms. The first-order valence-corrected chi connectivity index (χ1v) is 13.6. The van der Waals surface area contributed by atoms with Crippen molar-refractivity contribution in [3.63, 3.8) is 0 Å². The van der Waals surface area contributed by atoms with Gasteiger partial charge >= 0.3 is 5.97 Å². The number of carboxylic acids is 1. The Morgan fingerprint density at radius 2 is 1.43 bits per heavy atom. The van der Waals surface area contributed by atoms with Gasteiger partial charge in [-0.25, -0.2) is 0 Å². The summed E-state index contributed by atoms with van der Waals surface area (Å²) in [6.45, 7) is -0.00966. The highest BCUT2D eigenvalue weighted by Gasteiger charge is 2.19. The van der Waals surface area contributed by atoms with Crippen LogP contribution in [-0.2, 0) is 4.79 Å². The van der Waals surface area contributed by atoms with Crippen molar-refractivity contribution in [2.45, 2.75) is 32.1 Å². The minimum atomic E-state index is -1.02. The van der Waals surface area contributed by atoms with Crippen LogP contribution in [0.2, 0.25) is 10.0 Å². The van der Waals surface area contributed by atoms with Gasteiger partial charge in [0.1, 0.15) is 0 Å². The zero-order chi connectivity index (χ0) is 28.6. The van der Waals surface area contributed by atoms with Crippen molar-refractivity contribution in [1.82, 2.24) is 5.32 Å². The highest BCUT2D eigenvalue weighted by atomic mass is 35.5. The predicted octanol–water partition coefficient (Wildman–Crippen LogP) is 7.30. The number of ketones is 2. The number of hydrogen-bond donors (Lipinski definition) is 2. The Labute approximate surface area is 242 Å². The molecule has 0 saturated heterocycles. The maximum absolute atomic E-state index is 13.7. The lowest BCUT2D eigenvalue weighted by molar-refractivity contribution is -0.136. The summed E-state index contributed by atoms with van der Waals surface area (Å²) in [5, 5.41) is 11.9. The van der Waals surface area contributed by atoms with Gasteiger partial charge in [-0.2, -0.15) is 0 Å². The van der Waals surface area contributed by atoms with Crippen LogP contribution in [0.4, 0.5) is 0 Å². The van der Waals surface area contributed by atoms with Crippen molar-refractivity contribution in [3.05, 3.63) is 117 Å². The molecular formula is C32H27Cl2NO5. The van der Waals surface area contributed by atoms with Crippen LogP contribution in [0.15, 0.2) is 78.9 Å². The molecule has 1 aliphatic rings. The van der Waals surface area contributed by atoms with Crippen LogP contribution >= 0.6 is 23.2 Å². The molecule has 0 spiro atoms. The highest BCUT2D eigenvalue weighted by molar-refractivity contribution is 6.36. The predicted molar refractivity (Wildman–Crippen MR) is 157 cm³/mol. The van der Waals surface area contributed by atoms with Gasteiger partial charge in [0.05, 0.1) is 6.42 Å². The monoisotopic (exact) mass is 575 g/mol. The molecule has 0 unspecified atom stereocenters. The van der Waals surface area contributed by atoms with E-state index in [0.717, 1.165) is 24.8 Å². The summed E-state index contributed by atoms with van der Waals surface area (Å²) in [6, 6.07) is 18.1. The minimum Gasteiger partial charge on any atom is -0.481 e. The Morgan fingerprint density at radius 1 is 0.800 bits per heavy atom. The van der Waals surface area contributed by atoms with E-state index in [4.69, 9.17) is 28.3 Å². The van der Waals surface area contributed by atoms with Crippen molar-refractivity contribution in [2.75, 3.05) is 6.54 Å². The molecule has 0 fully saturated rings. The number of benzene rings is 3. The van der Waals surface area contributed by atoms with Crippen LogP contribution in [0, 0.1) is 0 Å². The molecule has 0 aromatic heterocycles. The fraction of sp³-hybridized carbons (Fsp3) is 0.188. The summed E-state index contributed by atoms with van der Waals surface area (Å²) < 4.78 is 0. The van der Waals surface area contributed by atoms with Crippen LogP contribution < -0.4 is 5.32 Å². The molecule has 0 radical (unpaired) electrons. The van der Waals surface area contributed by atoms with E-state index in [1.165, 1.54) is 60.5 Å². The molecule has 1 aliphatic carbocycles. The number of carbonyl (C=O) groups is 4. The number of Topliss-reactive ketones (excluding diaryl/α,β-unsaturated/α-hetero) is 1. The van der Waals surface area contributed by atoms with Crippen LogP contribution in [0.1, 0.15) is 74.3 Å². The number of allylic oxidation sites excluding steroid dienone is 4. The van der Waals surface area contributed by atoms with Crippen molar-refractivity contribution >= 4 is 57.8 Å². The van der Waals surface area contributed by atoms with Gasteiger partial charge in [0.2, 0.25) is 0 Å². The number of nitrogens with one attached hydrogen (secondary N) is 1. The van der Waals surface area contributed by atoms with E-state index in [-0.39, 0.29) is 35.2 Å². The molecule has 3 aromatic rings. The molecule has 40 heavy (non-hydrogen) atoms. The third-order valence-corrected chi connectivity index (χ3v) is 6.99. The average molecular weight is 576 g/mol. The zero-order valence-electron chi connectivity index (χ0n) is 21.6. The van der Waals surface area contributed by atoms with E-state index in [9.17, 15) is 19.2 Å². The average Bonchev–Trinajstić information content (AvgIpc) is 2.95. The van der Waals surface area contributed by atoms with Crippen LogP contribution in [0.5, 0.6) is 0 Å². The lowest BCUT2D eigenvalue weighted by Crippen LogP contribution is -2.26. The fourth-order valence-corrected chi connectivity index (χ4v) is 4.99. The number of carboxylic acid groups (broad SMARTS) is 1. The normalized spacial score (nSPS) is 13.3. The zero-order valence-corrected chi connectivity index (χ0v) is 23.1. The summed E-state index contributed by atoms with van der Waals surface area (Å²) in [5.74, 6) is -2.29. The third kappa shape index (κ3) is 7.56. The number of aliphatic carboxylic acids is 1. The van der Waals surface area contributed by atoms with Gasteiger partial charge in [0.15, 0.2) is 11.6 Å². The van der Waals surface area contributed by atoms with Gasteiger partial charge in [-0.3, -0.25) is 19.2 Å². The van der Waals surface area contributed by atoms with Gasteiger partial charge in [-0.1, -0.05) is 65.7 Å². The van der Waals surface area contributed by atoms with E-state index in [1.54, 1.807) is 0 Å². The molecule has 204 valence electrons. The molecule has 0 saturated carbocycles. The van der Waals surface area contributed by atoms with Crippen molar-refractivity contribution in [2.24, 2.45) is 0 Å². The van der Waals surface area contributed by atoms with Gasteiger partial charge in [-0.15, -0.1) is 0 Å². The Bertz CT molecular complexity index is 1490. The number of hydrogen-bond acceptors (Lipinski definition) is 4. The van der Waals surface area contributed by atoms with E-state index >= 15 is 0 Å². The van der Waals surface area contributed by atoms with E-state index in [0.29, 0.717) is 15.6 Å². The summed E-state index contributed by atoms with van der Waals surface area (Å²) >= 11 is 12.2. The summed E-state index contributed by atoms with van der Waals surface area (Å²) in [7, 11) is 0. The Kier molecular flexibility index (Phi) is 9.70. The van der Waals surface area contributed by atoms with Gasteiger partial charge in [0.25, 0.3) is 5.91 Å². The maximum Gasteiger partial charge on any atom is 0.305 e. The number of halogens is 2. The minimum absolute atomic E-state index is 0.00966. The van der Waals surface area contributed by atoms with Crippen LogP contribution in [-0.4, -0.2) is 35.1 Å². The molecule has 0 atom stereocenters. The SMILES string of the molecule is O=C(O)CCNC(=O)c1ccc(C(=O)/C(=C\C(=O)c2cc(Cl)cc(Cl)c2)c2ccc(C3=CCCCC3)cc2)cc1. The molecule has 4 rings (SSSR count). The van der Waals surface area contributed by atoms with Crippen molar-refractivity contribution < 1.29 is 24.3 Å². The molecule has 0 aliphatic heterocycles. The van der Waals surface area contributed by atoms with Crippen LogP contribution in [0.25, 0.3) is 11.1 Å². The maximum atomic E-state index is 13.7. The second-order valence-corrected chi connectivity index (χ2v) is 10.3. The second-order valence-electron chi connectivity index (χ2n) is 9.44. The molecule has 0 heterocycles. The molecule has 0 bridgehead atoms. The summed E-state index contributed by atoms with van der Waals surface area (Å²) in [6.07, 6.45) is 7.70. The Hall–Kier alpha value is -4.00. The smallest absolute Gasteiger partial charge is 0.305 e. The summed E-state index contributed by atoms with van der Waals surface area (Å²) in [4.78, 5) is 49.9. The van der Waals surface area contributed by atoms with Gasteiger partial charge < -0.3 is 10.4 Å². The van der Waals surface area contributed by atoms with Crippen molar-refractivity contribution in [3.8, 4) is 0 Å². The Morgan fingerprint density at radius 3 is 2.02 bits per heavy atom. The van der Waals surface area contributed by atoms with Crippen molar-refractivity contribution in [1.29, 1.82) is 0 Å². The first kappa shape index (κ1) is 29.0. The molecule has 2 N–H and O–H groups in total. The molecule has 1 amide bonds. The molecular weight excluding hydrogens is 549 g/mol. The highest BCUT2D eigenvalue weighted by Crippen LogP contribution is 2.29. The third-order valence-electron chi connectivity index (χ3n) is 6.56. The first-order valence-electron chi connectivity index (χ1n) is 12.9. The molecule has 6 nitrogen and oxygen atoms in total. The molecule has 3 aromatic carbocycles. The van der Waals surface area contributed by atoms with E-state index in [2.05, 4.69) is 11.4 Å². The topological polar surface area (TPSA) is 101 Å². The van der Waals surface area contributed by atoms with E-state index in [1.807, 2.05) is 24.3 Å². The number of rotatable bonds is 10. The van der Waals surface area contributed by atoms with Gasteiger partial charge in [-0.05, 0) is 78.8 Å². The largest absolute Gasteiger partial charge is 0.481 e. The quantitative estimate of drug-likeness (QED) is 0.195. The van der Waals surface area contributed by atoms with E-state index < -0.39 is 23.4 Å².